The van der Waals surface area contributed by atoms with Gasteiger partial charge in [0.05, 0.1) is 13.2 Å². The van der Waals surface area contributed by atoms with E-state index in [1.807, 2.05) is 72.8 Å². The van der Waals surface area contributed by atoms with Crippen molar-refractivity contribution in [1.82, 2.24) is 5.32 Å². The maximum Gasteiger partial charge on any atom is 0.408 e. The van der Waals surface area contributed by atoms with Crippen molar-refractivity contribution in [3.05, 3.63) is 102 Å². The van der Waals surface area contributed by atoms with Gasteiger partial charge >= 0.3 is 13.7 Å². The van der Waals surface area contributed by atoms with Gasteiger partial charge < -0.3 is 23.8 Å². The second kappa shape index (κ2) is 13.7. The van der Waals surface area contributed by atoms with Gasteiger partial charge in [-0.15, -0.1) is 0 Å². The molecule has 3 aromatic carbocycles. The maximum atomic E-state index is 13.4. The molecule has 0 aliphatic carbocycles. The molecule has 1 atom stereocenters. The average molecular weight is 498 g/mol. The standard InChI is InChI=1S/C27H32NO6P/c1-3-33-35(30,34-4-2)26(28-27(29)32-20-24-13-9-6-10-14-24)21-31-25-17-15-23(16-18-25)19-22-11-7-5-8-12-22/h5-18,26H,3-4,19-21H2,1-2H3,(H,28,29). The highest BCUT2D eigenvalue weighted by Gasteiger charge is 2.38. The highest BCUT2D eigenvalue weighted by molar-refractivity contribution is 7.54. The fourth-order valence-electron chi connectivity index (χ4n) is 3.40. The van der Waals surface area contributed by atoms with Crippen LogP contribution >= 0.6 is 7.60 Å². The molecule has 0 heterocycles. The van der Waals surface area contributed by atoms with Crippen LogP contribution in [-0.4, -0.2) is 31.7 Å². The molecule has 0 radical (unpaired) electrons. The Labute approximate surface area is 206 Å². The van der Waals surface area contributed by atoms with E-state index in [2.05, 4.69) is 17.4 Å². The highest BCUT2D eigenvalue weighted by Crippen LogP contribution is 2.52. The lowest BCUT2D eigenvalue weighted by molar-refractivity contribution is 0.129. The third-order valence-corrected chi connectivity index (χ3v) is 7.36. The quantitative estimate of drug-likeness (QED) is 0.284. The summed E-state index contributed by atoms with van der Waals surface area (Å²) in [5, 5.41) is 2.61. The molecule has 0 saturated heterocycles. The van der Waals surface area contributed by atoms with Gasteiger partial charge in [-0.05, 0) is 49.1 Å². The van der Waals surface area contributed by atoms with Crippen LogP contribution in [0.3, 0.4) is 0 Å². The summed E-state index contributed by atoms with van der Waals surface area (Å²) < 4.78 is 35.5. The van der Waals surface area contributed by atoms with Crippen LogP contribution in [0, 0.1) is 0 Å². The Kier molecular flexibility index (Phi) is 10.4. The Morgan fingerprint density at radius 2 is 1.34 bits per heavy atom. The molecule has 0 fully saturated rings. The van der Waals surface area contributed by atoms with Crippen LogP contribution in [0.5, 0.6) is 5.75 Å². The van der Waals surface area contributed by atoms with Crippen molar-refractivity contribution in [2.24, 2.45) is 0 Å². The normalized spacial score (nSPS) is 12.1. The second-order valence-corrected chi connectivity index (χ2v) is 9.93. The van der Waals surface area contributed by atoms with Gasteiger partial charge in [0.15, 0.2) is 5.78 Å². The van der Waals surface area contributed by atoms with Crippen molar-refractivity contribution in [3.63, 3.8) is 0 Å². The first-order valence-corrected chi connectivity index (χ1v) is 13.2. The summed E-state index contributed by atoms with van der Waals surface area (Å²) in [5.41, 5.74) is 3.19. The number of carbonyl (C=O) groups excluding carboxylic acids is 1. The molecule has 0 aliphatic heterocycles. The third kappa shape index (κ3) is 8.55. The number of amides is 1. The zero-order valence-electron chi connectivity index (χ0n) is 20.1. The van der Waals surface area contributed by atoms with E-state index < -0.39 is 19.5 Å². The van der Waals surface area contributed by atoms with E-state index >= 15 is 0 Å². The van der Waals surface area contributed by atoms with Crippen LogP contribution in [0.2, 0.25) is 0 Å². The predicted octanol–water partition coefficient (Wildman–Crippen LogP) is 6.17. The predicted molar refractivity (Wildman–Crippen MR) is 136 cm³/mol. The molecule has 186 valence electrons. The Balaban J connectivity index is 1.64. The second-order valence-electron chi connectivity index (χ2n) is 7.71. The van der Waals surface area contributed by atoms with Crippen LogP contribution < -0.4 is 10.1 Å². The van der Waals surface area contributed by atoms with Crippen molar-refractivity contribution >= 4 is 13.7 Å². The lowest BCUT2D eigenvalue weighted by Gasteiger charge is -2.26. The molecule has 8 heteroatoms. The van der Waals surface area contributed by atoms with E-state index in [1.54, 1.807) is 13.8 Å². The molecule has 0 spiro atoms. The van der Waals surface area contributed by atoms with Crippen molar-refractivity contribution < 1.29 is 27.9 Å². The molecule has 1 N–H and O–H groups in total. The highest BCUT2D eigenvalue weighted by atomic mass is 31.2. The average Bonchev–Trinajstić information content (AvgIpc) is 2.87. The van der Waals surface area contributed by atoms with E-state index in [-0.39, 0.29) is 26.4 Å². The number of hydrogen-bond acceptors (Lipinski definition) is 6. The fraction of sp³-hybridized carbons (Fsp3) is 0.296. The number of carbonyl (C=O) groups is 1. The first-order valence-electron chi connectivity index (χ1n) is 11.6. The number of nitrogens with one attached hydrogen (secondary N) is 1. The van der Waals surface area contributed by atoms with E-state index in [1.165, 1.54) is 5.56 Å². The number of benzene rings is 3. The summed E-state index contributed by atoms with van der Waals surface area (Å²) in [6, 6.07) is 27.1. The molecular weight excluding hydrogens is 465 g/mol. The molecule has 1 unspecified atom stereocenters. The van der Waals surface area contributed by atoms with Crippen LogP contribution in [0.4, 0.5) is 4.79 Å². The Morgan fingerprint density at radius 3 is 1.91 bits per heavy atom. The Morgan fingerprint density at radius 1 is 0.800 bits per heavy atom. The SMILES string of the molecule is CCOP(=O)(OCC)C(COc1ccc(Cc2ccccc2)cc1)NC(=O)OCc1ccccc1. The minimum Gasteiger partial charge on any atom is -0.491 e. The molecule has 0 saturated carbocycles. The number of ether oxygens (including phenoxy) is 2. The monoisotopic (exact) mass is 497 g/mol. The minimum absolute atomic E-state index is 0.0801. The smallest absolute Gasteiger partial charge is 0.408 e. The molecule has 35 heavy (non-hydrogen) atoms. The van der Waals surface area contributed by atoms with Crippen LogP contribution in [0.15, 0.2) is 84.9 Å². The van der Waals surface area contributed by atoms with Gasteiger partial charge in [-0.3, -0.25) is 4.57 Å². The summed E-state index contributed by atoms with van der Waals surface area (Å²) in [5.74, 6) is -0.472. The minimum atomic E-state index is -3.71. The van der Waals surface area contributed by atoms with E-state index in [4.69, 9.17) is 18.5 Å². The van der Waals surface area contributed by atoms with Crippen molar-refractivity contribution in [2.75, 3.05) is 19.8 Å². The molecule has 0 aromatic heterocycles. The summed E-state index contributed by atoms with van der Waals surface area (Å²) in [6.45, 7) is 3.70. The Bertz CT molecular complexity index is 1070. The zero-order chi connectivity index (χ0) is 24.9. The van der Waals surface area contributed by atoms with Gasteiger partial charge in [0, 0.05) is 0 Å². The van der Waals surface area contributed by atoms with Gasteiger partial charge in [0.1, 0.15) is 19.0 Å². The van der Waals surface area contributed by atoms with Crippen molar-refractivity contribution in [3.8, 4) is 5.75 Å². The molecule has 0 bridgehead atoms. The van der Waals surface area contributed by atoms with E-state index in [0.29, 0.717) is 5.75 Å². The van der Waals surface area contributed by atoms with Crippen molar-refractivity contribution in [1.29, 1.82) is 0 Å². The molecule has 3 rings (SSSR count). The maximum absolute atomic E-state index is 13.4. The van der Waals surface area contributed by atoms with Crippen molar-refractivity contribution in [2.45, 2.75) is 32.7 Å². The Hall–Kier alpha value is -3.12. The first-order chi connectivity index (χ1) is 17.0. The summed E-state index contributed by atoms with van der Waals surface area (Å²) in [7, 11) is -3.71. The van der Waals surface area contributed by atoms with Gasteiger partial charge in [0.25, 0.3) is 0 Å². The number of rotatable bonds is 13. The number of hydrogen-bond donors (Lipinski definition) is 1. The van der Waals surface area contributed by atoms with Gasteiger partial charge in [-0.25, -0.2) is 4.79 Å². The molecule has 7 nitrogen and oxygen atoms in total. The summed E-state index contributed by atoms with van der Waals surface area (Å²) >= 11 is 0. The van der Waals surface area contributed by atoms with Crippen LogP contribution in [-0.2, 0) is 31.4 Å². The summed E-state index contributed by atoms with van der Waals surface area (Å²) in [4.78, 5) is 12.5. The lowest BCUT2D eigenvalue weighted by atomic mass is 10.1. The van der Waals surface area contributed by atoms with Crippen LogP contribution in [0.1, 0.15) is 30.5 Å². The van der Waals surface area contributed by atoms with E-state index in [9.17, 15) is 9.36 Å². The molecule has 1 amide bonds. The molecule has 0 aliphatic rings. The van der Waals surface area contributed by atoms with Gasteiger partial charge in [-0.1, -0.05) is 72.8 Å². The summed E-state index contributed by atoms with van der Waals surface area (Å²) in [6.07, 6.45) is 0.0721. The molecular formula is C27H32NO6P. The lowest BCUT2D eigenvalue weighted by Crippen LogP contribution is -2.40. The van der Waals surface area contributed by atoms with Gasteiger partial charge in [-0.2, -0.15) is 0 Å². The zero-order valence-corrected chi connectivity index (χ0v) is 21.0. The largest absolute Gasteiger partial charge is 0.491 e. The molecule has 3 aromatic rings. The fourth-order valence-corrected chi connectivity index (χ4v) is 5.08. The third-order valence-electron chi connectivity index (χ3n) is 5.08. The first kappa shape index (κ1) is 26.5. The number of alkyl carbamates (subject to hydrolysis) is 1. The van der Waals surface area contributed by atoms with E-state index in [0.717, 1.165) is 17.5 Å². The van der Waals surface area contributed by atoms with Gasteiger partial charge in [0.2, 0.25) is 0 Å². The van der Waals surface area contributed by atoms with Crippen LogP contribution in [0.25, 0.3) is 0 Å². The topological polar surface area (TPSA) is 83.1 Å².